The molecule has 3 aromatic rings. The van der Waals surface area contributed by atoms with Gasteiger partial charge in [-0.05, 0) is 37.6 Å². The predicted octanol–water partition coefficient (Wildman–Crippen LogP) is 3.66. The first-order chi connectivity index (χ1) is 14.4. The average molecular weight is 419 g/mol. The summed E-state index contributed by atoms with van der Waals surface area (Å²) in [6.07, 6.45) is 0. The molecule has 0 aromatic heterocycles. The highest BCUT2D eigenvalue weighted by atomic mass is 32.2. The third-order valence-corrected chi connectivity index (χ3v) is 8.01. The van der Waals surface area contributed by atoms with E-state index in [9.17, 15) is 13.2 Å². The van der Waals surface area contributed by atoms with Crippen molar-refractivity contribution in [3.63, 3.8) is 0 Å². The predicted molar refractivity (Wildman–Crippen MR) is 115 cm³/mol. The molecule has 2 aliphatic rings. The Balaban J connectivity index is 1.79. The Morgan fingerprint density at radius 3 is 2.07 bits per heavy atom. The second-order valence-electron chi connectivity index (χ2n) is 7.93. The zero-order chi connectivity index (χ0) is 21.1. The number of sulfonamides is 1. The quantitative estimate of drug-likeness (QED) is 0.652. The number of rotatable bonds is 3. The molecule has 3 aromatic carbocycles. The lowest BCUT2D eigenvalue weighted by atomic mass is 9.91. The fourth-order valence-electron chi connectivity index (χ4n) is 4.67. The lowest BCUT2D eigenvalue weighted by Crippen LogP contribution is -2.51. The van der Waals surface area contributed by atoms with Gasteiger partial charge in [-0.3, -0.25) is 4.79 Å². The van der Waals surface area contributed by atoms with Crippen LogP contribution in [0.4, 0.5) is 0 Å². The van der Waals surface area contributed by atoms with Gasteiger partial charge in [0, 0.05) is 24.2 Å². The monoisotopic (exact) mass is 418 g/mol. The van der Waals surface area contributed by atoms with E-state index in [1.165, 1.54) is 4.31 Å². The van der Waals surface area contributed by atoms with E-state index in [2.05, 4.69) is 0 Å². The number of aryl methyl sites for hydroxylation is 2. The zero-order valence-electron chi connectivity index (χ0n) is 16.9. The second kappa shape index (κ2) is 6.52. The van der Waals surface area contributed by atoms with Crippen molar-refractivity contribution in [2.45, 2.75) is 24.4 Å². The van der Waals surface area contributed by atoms with Crippen LogP contribution < -0.4 is 0 Å². The molecule has 0 saturated carbocycles. The van der Waals surface area contributed by atoms with Crippen LogP contribution in [0.2, 0.25) is 0 Å². The number of hydrogen-bond acceptors (Lipinski definition) is 3. The number of amides is 1. The first kappa shape index (κ1) is 19.0. The molecule has 1 saturated heterocycles. The van der Waals surface area contributed by atoms with Crippen LogP contribution in [0, 0.1) is 13.8 Å². The maximum atomic E-state index is 13.8. The lowest BCUT2D eigenvalue weighted by Gasteiger charge is -2.39. The van der Waals surface area contributed by atoms with E-state index in [1.807, 2.05) is 56.3 Å². The second-order valence-corrected chi connectivity index (χ2v) is 9.79. The summed E-state index contributed by atoms with van der Waals surface area (Å²) in [5.41, 5.74) is 2.94. The molecule has 0 aliphatic carbocycles. The summed E-state index contributed by atoms with van der Waals surface area (Å²) in [7, 11) is -3.85. The summed E-state index contributed by atoms with van der Waals surface area (Å²) in [4.78, 5) is 15.2. The maximum Gasteiger partial charge on any atom is 0.256 e. The molecular formula is C24H22N2O3S. The largest absolute Gasteiger partial charge is 0.310 e. The van der Waals surface area contributed by atoms with Gasteiger partial charge in [0.1, 0.15) is 0 Å². The number of benzene rings is 3. The summed E-state index contributed by atoms with van der Waals surface area (Å²) < 4.78 is 29.2. The molecule has 0 N–H and O–H groups in total. The summed E-state index contributed by atoms with van der Waals surface area (Å²) in [5, 5.41) is 0. The van der Waals surface area contributed by atoms with Crippen molar-refractivity contribution in [3.8, 4) is 0 Å². The Morgan fingerprint density at radius 2 is 1.40 bits per heavy atom. The highest BCUT2D eigenvalue weighted by Gasteiger charge is 2.61. The fourth-order valence-corrected chi connectivity index (χ4v) is 6.38. The molecule has 5 rings (SSSR count). The molecule has 0 spiro atoms. The number of carbonyl (C=O) groups excluding carboxylic acids is 1. The molecule has 2 heterocycles. The molecule has 1 unspecified atom stereocenters. The molecule has 1 atom stereocenters. The highest BCUT2D eigenvalue weighted by Crippen LogP contribution is 2.51. The summed E-state index contributed by atoms with van der Waals surface area (Å²) in [5.74, 6) is -0.132. The minimum Gasteiger partial charge on any atom is -0.310 e. The zero-order valence-corrected chi connectivity index (χ0v) is 17.7. The smallest absolute Gasteiger partial charge is 0.256 e. The van der Waals surface area contributed by atoms with Gasteiger partial charge in [-0.1, -0.05) is 65.7 Å². The Morgan fingerprint density at radius 1 is 0.800 bits per heavy atom. The normalized spacial score (nSPS) is 21.0. The number of hydrogen-bond donors (Lipinski definition) is 0. The first-order valence-corrected chi connectivity index (χ1v) is 11.4. The molecule has 152 valence electrons. The van der Waals surface area contributed by atoms with Gasteiger partial charge in [-0.25, -0.2) is 8.42 Å². The highest BCUT2D eigenvalue weighted by molar-refractivity contribution is 7.89. The number of fused-ring (bicyclic) bond motifs is 3. The topological polar surface area (TPSA) is 57.7 Å². The molecule has 6 heteroatoms. The summed E-state index contributed by atoms with van der Waals surface area (Å²) >= 11 is 0. The van der Waals surface area contributed by atoms with Crippen molar-refractivity contribution in [1.29, 1.82) is 0 Å². The summed E-state index contributed by atoms with van der Waals surface area (Å²) in [6.45, 7) is 4.49. The van der Waals surface area contributed by atoms with Crippen LogP contribution in [0.3, 0.4) is 0 Å². The molecule has 0 bridgehead atoms. The number of nitrogens with zero attached hydrogens (tertiary/aromatic N) is 2. The average Bonchev–Trinajstić information content (AvgIpc) is 3.25. The molecule has 0 radical (unpaired) electrons. The van der Waals surface area contributed by atoms with Gasteiger partial charge in [0.05, 0.1) is 4.90 Å². The van der Waals surface area contributed by atoms with Crippen LogP contribution in [0.5, 0.6) is 0 Å². The standard InChI is InChI=1S/C24H22N2O3S/c1-17-7-11-19(12-8-17)24-22-6-4-3-5-21(22)23(27)25(24)15-16-26(24)30(28,29)20-13-9-18(2)10-14-20/h3-14H,15-16H2,1-2H3. The van der Waals surface area contributed by atoms with Crippen molar-refractivity contribution in [2.24, 2.45) is 0 Å². The van der Waals surface area contributed by atoms with Crippen molar-refractivity contribution < 1.29 is 13.2 Å². The minimum absolute atomic E-state index is 0.132. The third-order valence-electron chi connectivity index (χ3n) is 6.12. The SMILES string of the molecule is Cc1ccc(C23c4ccccc4C(=O)N2CCN3S(=O)(=O)c2ccc(C)cc2)cc1. The molecule has 2 aliphatic heterocycles. The fraction of sp³-hybridized carbons (Fsp3) is 0.208. The van der Waals surface area contributed by atoms with E-state index in [4.69, 9.17) is 0 Å². The van der Waals surface area contributed by atoms with E-state index < -0.39 is 15.7 Å². The van der Waals surface area contributed by atoms with Crippen molar-refractivity contribution in [3.05, 3.63) is 101 Å². The number of carbonyl (C=O) groups is 1. The van der Waals surface area contributed by atoms with E-state index in [-0.39, 0.29) is 17.3 Å². The van der Waals surface area contributed by atoms with Crippen molar-refractivity contribution >= 4 is 15.9 Å². The molecular weight excluding hydrogens is 396 g/mol. The minimum atomic E-state index is -3.85. The van der Waals surface area contributed by atoms with E-state index in [1.54, 1.807) is 35.2 Å². The first-order valence-electron chi connectivity index (χ1n) is 9.95. The Hall–Kier alpha value is -2.96. The molecule has 1 fully saturated rings. The maximum absolute atomic E-state index is 13.8. The van der Waals surface area contributed by atoms with Gasteiger partial charge in [0.2, 0.25) is 10.0 Å². The molecule has 1 amide bonds. The van der Waals surface area contributed by atoms with Gasteiger partial charge in [-0.2, -0.15) is 4.31 Å². The van der Waals surface area contributed by atoms with E-state index >= 15 is 0 Å². The van der Waals surface area contributed by atoms with Gasteiger partial charge in [0.25, 0.3) is 5.91 Å². The lowest BCUT2D eigenvalue weighted by molar-refractivity contribution is 0.0618. The van der Waals surface area contributed by atoms with E-state index in [0.29, 0.717) is 17.7 Å². The van der Waals surface area contributed by atoms with Gasteiger partial charge in [0.15, 0.2) is 5.66 Å². The van der Waals surface area contributed by atoms with Crippen LogP contribution in [0.1, 0.15) is 32.6 Å². The van der Waals surface area contributed by atoms with Gasteiger partial charge in [-0.15, -0.1) is 0 Å². The van der Waals surface area contributed by atoms with Crippen LogP contribution in [0.25, 0.3) is 0 Å². The van der Waals surface area contributed by atoms with Crippen LogP contribution in [-0.4, -0.2) is 36.6 Å². The molecule has 30 heavy (non-hydrogen) atoms. The van der Waals surface area contributed by atoms with Crippen molar-refractivity contribution in [1.82, 2.24) is 9.21 Å². The van der Waals surface area contributed by atoms with Crippen LogP contribution >= 0.6 is 0 Å². The third kappa shape index (κ3) is 2.44. The van der Waals surface area contributed by atoms with Gasteiger partial charge < -0.3 is 4.90 Å². The van der Waals surface area contributed by atoms with Crippen molar-refractivity contribution in [2.75, 3.05) is 13.1 Å². The summed E-state index contributed by atoms with van der Waals surface area (Å²) in [6, 6.07) is 22.0. The van der Waals surface area contributed by atoms with Crippen LogP contribution in [-0.2, 0) is 15.7 Å². The Kier molecular flexibility index (Phi) is 4.14. The Labute approximate surface area is 176 Å². The Bertz CT molecular complexity index is 1250. The van der Waals surface area contributed by atoms with Gasteiger partial charge >= 0.3 is 0 Å². The molecule has 5 nitrogen and oxygen atoms in total. The van der Waals surface area contributed by atoms with E-state index in [0.717, 1.165) is 16.7 Å². The van der Waals surface area contributed by atoms with Crippen LogP contribution in [0.15, 0.2) is 77.7 Å².